The number of hydrogen-bond acceptors (Lipinski definition) is 7. The largest absolute Gasteiger partial charge is 0.493 e. The van der Waals surface area contributed by atoms with Crippen LogP contribution in [0, 0.1) is 13.8 Å². The van der Waals surface area contributed by atoms with Crippen molar-refractivity contribution < 1.29 is 14.3 Å². The molecule has 41 heavy (non-hydrogen) atoms. The zero-order valence-electron chi connectivity index (χ0n) is 22.8. The highest BCUT2D eigenvalue weighted by Crippen LogP contribution is 2.29. The van der Waals surface area contributed by atoms with Crippen LogP contribution >= 0.6 is 34.5 Å². The Bertz CT molecular complexity index is 1830. The van der Waals surface area contributed by atoms with E-state index in [1.165, 1.54) is 15.7 Å². The van der Waals surface area contributed by atoms with Gasteiger partial charge in [0.25, 0.3) is 5.56 Å². The van der Waals surface area contributed by atoms with Crippen molar-refractivity contribution in [2.75, 3.05) is 20.8 Å². The van der Waals surface area contributed by atoms with E-state index in [9.17, 15) is 9.59 Å². The number of nitrogens with zero attached hydrogens (tertiary/aromatic N) is 4. The van der Waals surface area contributed by atoms with Crippen LogP contribution in [0.1, 0.15) is 22.6 Å². The fourth-order valence-corrected chi connectivity index (χ4v) is 5.83. The lowest BCUT2D eigenvalue weighted by atomic mass is 10.1. The summed E-state index contributed by atoms with van der Waals surface area (Å²) in [5.41, 5.74) is 4.22. The fraction of sp³-hybridized carbons (Fsp3) is 0.241. The number of aryl methyl sites for hydroxylation is 2. The normalized spacial score (nSPS) is 11.2. The van der Waals surface area contributed by atoms with Crippen molar-refractivity contribution in [2.24, 2.45) is 0 Å². The summed E-state index contributed by atoms with van der Waals surface area (Å²) in [5, 5.41) is 10.3. The van der Waals surface area contributed by atoms with Gasteiger partial charge in [0.2, 0.25) is 5.91 Å². The van der Waals surface area contributed by atoms with Crippen molar-refractivity contribution in [3.05, 3.63) is 90.9 Å². The van der Waals surface area contributed by atoms with Crippen molar-refractivity contribution in [3.8, 4) is 28.4 Å². The number of halogens is 2. The SMILES string of the molecule is COc1ccc(CCNC(=O)Cc2csc3nc(C)c(-c4cc(C)n(-c5ccc(Cl)c(Cl)c5)n4)c(=O)n23)cc1OC. The molecule has 5 rings (SSSR count). The van der Waals surface area contributed by atoms with Crippen LogP contribution in [-0.4, -0.2) is 45.8 Å². The highest BCUT2D eigenvalue weighted by molar-refractivity contribution is 7.15. The molecular formula is C29H27Cl2N5O4S. The standard InChI is InChI=1S/C29H27Cl2N5O4S/c1-16-11-23(34-36(16)19-6-7-21(30)22(31)13-19)27-17(2)33-29-35(28(27)38)20(15-41-29)14-26(37)32-10-9-18-5-8-24(39-3)25(12-18)40-4/h5-8,11-13,15H,9-10,14H2,1-4H3,(H,32,37). The zero-order chi connectivity index (χ0) is 29.3. The smallest absolute Gasteiger partial charge is 0.268 e. The Hall–Kier alpha value is -3.86. The molecule has 5 aromatic rings. The maximum atomic E-state index is 13.8. The molecule has 0 fully saturated rings. The molecule has 0 aliphatic heterocycles. The van der Waals surface area contributed by atoms with Crippen LogP contribution in [0.15, 0.2) is 52.6 Å². The van der Waals surface area contributed by atoms with Crippen LogP contribution in [0.2, 0.25) is 10.0 Å². The molecule has 0 aliphatic carbocycles. The van der Waals surface area contributed by atoms with Gasteiger partial charge in [0.1, 0.15) is 5.69 Å². The quantitative estimate of drug-likeness (QED) is 0.238. The summed E-state index contributed by atoms with van der Waals surface area (Å²) < 4.78 is 13.8. The average molecular weight is 613 g/mol. The Morgan fingerprint density at radius 3 is 2.54 bits per heavy atom. The molecule has 9 nitrogen and oxygen atoms in total. The predicted octanol–water partition coefficient (Wildman–Crippen LogP) is 5.45. The molecule has 2 aromatic carbocycles. The van der Waals surface area contributed by atoms with Crippen LogP contribution in [0.3, 0.4) is 0 Å². The van der Waals surface area contributed by atoms with Crippen LogP contribution in [0.25, 0.3) is 21.9 Å². The van der Waals surface area contributed by atoms with Gasteiger partial charge in [-0.25, -0.2) is 9.67 Å². The van der Waals surface area contributed by atoms with E-state index in [1.807, 2.05) is 31.2 Å². The molecule has 0 spiro atoms. The summed E-state index contributed by atoms with van der Waals surface area (Å²) in [4.78, 5) is 31.8. The lowest BCUT2D eigenvalue weighted by Crippen LogP contribution is -2.29. The molecule has 3 heterocycles. The summed E-state index contributed by atoms with van der Waals surface area (Å²) in [6.07, 6.45) is 0.648. The monoisotopic (exact) mass is 611 g/mol. The molecule has 0 radical (unpaired) electrons. The van der Waals surface area contributed by atoms with Crippen molar-refractivity contribution in [1.29, 1.82) is 0 Å². The zero-order valence-corrected chi connectivity index (χ0v) is 25.2. The van der Waals surface area contributed by atoms with Gasteiger partial charge in [-0.15, -0.1) is 11.3 Å². The second-order valence-electron chi connectivity index (χ2n) is 9.37. The maximum Gasteiger partial charge on any atom is 0.268 e. The van der Waals surface area contributed by atoms with Gasteiger partial charge < -0.3 is 14.8 Å². The number of carbonyl (C=O) groups is 1. The number of ether oxygens (including phenoxy) is 2. The molecule has 0 bridgehead atoms. The van der Waals surface area contributed by atoms with Gasteiger partial charge in [-0.2, -0.15) is 5.10 Å². The average Bonchev–Trinajstić information content (AvgIpc) is 3.53. The van der Waals surface area contributed by atoms with E-state index in [2.05, 4.69) is 15.4 Å². The first-order valence-electron chi connectivity index (χ1n) is 12.7. The molecule has 3 aromatic heterocycles. The Balaban J connectivity index is 1.36. The second kappa shape index (κ2) is 11.9. The number of amides is 1. The third-order valence-electron chi connectivity index (χ3n) is 6.64. The first kappa shape index (κ1) is 28.7. The molecular weight excluding hydrogens is 585 g/mol. The van der Waals surface area contributed by atoms with Gasteiger partial charge in [-0.1, -0.05) is 29.3 Å². The molecule has 0 saturated heterocycles. The van der Waals surface area contributed by atoms with E-state index in [-0.39, 0.29) is 17.9 Å². The summed E-state index contributed by atoms with van der Waals surface area (Å²) in [5.74, 6) is 1.09. The lowest BCUT2D eigenvalue weighted by Gasteiger charge is -2.10. The number of methoxy groups -OCH3 is 2. The number of carbonyl (C=O) groups excluding carboxylic acids is 1. The minimum atomic E-state index is -0.277. The molecule has 1 N–H and O–H groups in total. The van der Waals surface area contributed by atoms with Gasteiger partial charge in [0, 0.05) is 23.3 Å². The minimum Gasteiger partial charge on any atom is -0.493 e. The molecule has 212 valence electrons. The molecule has 0 aliphatic rings. The van der Waals surface area contributed by atoms with E-state index in [1.54, 1.807) is 49.4 Å². The number of nitrogens with one attached hydrogen (secondary N) is 1. The van der Waals surface area contributed by atoms with Gasteiger partial charge in [0.15, 0.2) is 16.5 Å². The summed E-state index contributed by atoms with van der Waals surface area (Å²) >= 11 is 13.6. The van der Waals surface area contributed by atoms with Crippen LogP contribution in [0.4, 0.5) is 0 Å². The number of thiazole rings is 1. The third kappa shape index (κ3) is 5.81. The van der Waals surface area contributed by atoms with E-state index in [4.69, 9.17) is 32.7 Å². The number of rotatable bonds is 9. The lowest BCUT2D eigenvalue weighted by molar-refractivity contribution is -0.120. The number of fused-ring (bicyclic) bond motifs is 1. The molecule has 0 unspecified atom stereocenters. The first-order valence-corrected chi connectivity index (χ1v) is 14.3. The summed E-state index contributed by atoms with van der Waals surface area (Å²) in [7, 11) is 3.17. The Morgan fingerprint density at radius 2 is 1.80 bits per heavy atom. The van der Waals surface area contributed by atoms with Gasteiger partial charge in [-0.05, 0) is 62.2 Å². The first-order chi connectivity index (χ1) is 19.7. The number of hydrogen-bond donors (Lipinski definition) is 1. The van der Waals surface area contributed by atoms with Crippen LogP contribution in [-0.2, 0) is 17.6 Å². The molecule has 1 amide bonds. The number of benzene rings is 2. The highest BCUT2D eigenvalue weighted by atomic mass is 35.5. The van der Waals surface area contributed by atoms with Crippen LogP contribution < -0.4 is 20.3 Å². The molecule has 12 heteroatoms. The Labute approximate surface area is 250 Å². The maximum absolute atomic E-state index is 13.8. The van der Waals surface area contributed by atoms with E-state index in [0.29, 0.717) is 62.1 Å². The predicted molar refractivity (Wildman–Crippen MR) is 161 cm³/mol. The second-order valence-corrected chi connectivity index (χ2v) is 11.0. The van der Waals surface area contributed by atoms with Crippen molar-refractivity contribution >= 4 is 45.4 Å². The highest BCUT2D eigenvalue weighted by Gasteiger charge is 2.20. The van der Waals surface area contributed by atoms with Gasteiger partial charge in [-0.3, -0.25) is 14.0 Å². The van der Waals surface area contributed by atoms with Crippen molar-refractivity contribution in [2.45, 2.75) is 26.7 Å². The van der Waals surface area contributed by atoms with E-state index in [0.717, 1.165) is 16.9 Å². The van der Waals surface area contributed by atoms with Crippen LogP contribution in [0.5, 0.6) is 11.5 Å². The Morgan fingerprint density at radius 1 is 1.02 bits per heavy atom. The van der Waals surface area contributed by atoms with E-state index < -0.39 is 0 Å². The van der Waals surface area contributed by atoms with Crippen molar-refractivity contribution in [1.82, 2.24) is 24.5 Å². The van der Waals surface area contributed by atoms with Crippen molar-refractivity contribution in [3.63, 3.8) is 0 Å². The van der Waals surface area contributed by atoms with Gasteiger partial charge in [0.05, 0.1) is 47.6 Å². The van der Waals surface area contributed by atoms with E-state index >= 15 is 0 Å². The summed E-state index contributed by atoms with van der Waals surface area (Å²) in [6.45, 7) is 4.10. The molecule has 0 saturated carbocycles. The summed E-state index contributed by atoms with van der Waals surface area (Å²) in [6, 6.07) is 12.7. The Kier molecular flexibility index (Phi) is 8.35. The number of aromatic nitrogens is 4. The fourth-order valence-electron chi connectivity index (χ4n) is 4.61. The minimum absolute atomic E-state index is 0.0345. The third-order valence-corrected chi connectivity index (χ3v) is 8.25. The molecule has 0 atom stereocenters. The topological polar surface area (TPSA) is 99.7 Å². The van der Waals surface area contributed by atoms with Gasteiger partial charge >= 0.3 is 0 Å².